The summed E-state index contributed by atoms with van der Waals surface area (Å²) in [5.74, 6) is 0.609. The molecule has 5 nitrogen and oxygen atoms in total. The van der Waals surface area contributed by atoms with Crippen molar-refractivity contribution >= 4 is 86.2 Å². The van der Waals surface area contributed by atoms with Crippen molar-refractivity contribution in [1.82, 2.24) is 19.5 Å². The van der Waals surface area contributed by atoms with Gasteiger partial charge in [0.05, 0.1) is 15.7 Å². The van der Waals surface area contributed by atoms with E-state index in [1.165, 1.54) is 41.7 Å². The van der Waals surface area contributed by atoms with Gasteiger partial charge in [-0.15, -0.1) is 11.3 Å². The lowest BCUT2D eigenvalue weighted by Gasteiger charge is -2.10. The maximum atomic E-state index is 6.39. The third kappa shape index (κ3) is 3.07. The molecule has 0 amide bonds. The van der Waals surface area contributed by atoms with Crippen molar-refractivity contribution < 1.29 is 4.42 Å². The van der Waals surface area contributed by atoms with Gasteiger partial charge in [-0.05, 0) is 47.2 Å². The summed E-state index contributed by atoms with van der Waals surface area (Å²) in [6.07, 6.45) is 3.61. The van der Waals surface area contributed by atoms with E-state index >= 15 is 0 Å². The second kappa shape index (κ2) is 8.47. The van der Waals surface area contributed by atoms with Crippen LogP contribution in [0.4, 0.5) is 0 Å². The van der Waals surface area contributed by atoms with Gasteiger partial charge >= 0.3 is 0 Å². The molecule has 0 atom stereocenters. The van der Waals surface area contributed by atoms with E-state index in [0.29, 0.717) is 11.5 Å². The van der Waals surface area contributed by atoms with Gasteiger partial charge in [-0.2, -0.15) is 0 Å². The lowest BCUT2D eigenvalue weighted by atomic mass is 9.99. The molecule has 10 rings (SSSR count). The standard InChI is InChI=1S/C37H20N4OS/c1-2-12-23-22(11-1)30-24-13-3-6-16-27(24)41(34(30)36-31(23)26-15-5-8-18-29(26)43-36)37-39-32(21-10-9-19-38-20-21)35-33(40-37)25-14-4-7-17-28(25)42-35/h1-20H. The Balaban J connectivity index is 1.46. The van der Waals surface area contributed by atoms with E-state index in [0.717, 1.165) is 38.8 Å². The van der Waals surface area contributed by atoms with Crippen LogP contribution in [0, 0.1) is 0 Å². The van der Waals surface area contributed by atoms with Gasteiger partial charge in [0.1, 0.15) is 16.8 Å². The fraction of sp³-hybridized carbons (Fsp3) is 0. The van der Waals surface area contributed by atoms with Gasteiger partial charge in [-0.25, -0.2) is 9.97 Å². The van der Waals surface area contributed by atoms with Crippen LogP contribution in [0.5, 0.6) is 0 Å². The predicted octanol–water partition coefficient (Wildman–Crippen LogP) is 10.1. The topological polar surface area (TPSA) is 56.7 Å². The first-order valence-electron chi connectivity index (χ1n) is 14.2. The van der Waals surface area contributed by atoms with E-state index in [1.807, 2.05) is 47.9 Å². The lowest BCUT2D eigenvalue weighted by Crippen LogP contribution is -2.03. The quantitative estimate of drug-likeness (QED) is 0.208. The molecule has 0 aliphatic heterocycles. The molecule has 0 bridgehead atoms. The van der Waals surface area contributed by atoms with Crippen molar-refractivity contribution in [1.29, 1.82) is 0 Å². The monoisotopic (exact) mass is 568 g/mol. The summed E-state index contributed by atoms with van der Waals surface area (Å²) in [6.45, 7) is 0. The fourth-order valence-corrected chi connectivity index (χ4v) is 7.97. The van der Waals surface area contributed by atoms with Crippen LogP contribution in [0.2, 0.25) is 0 Å². The van der Waals surface area contributed by atoms with Crippen LogP contribution in [-0.4, -0.2) is 19.5 Å². The van der Waals surface area contributed by atoms with E-state index in [-0.39, 0.29) is 0 Å². The minimum Gasteiger partial charge on any atom is -0.452 e. The van der Waals surface area contributed by atoms with Gasteiger partial charge in [0.25, 0.3) is 0 Å². The molecule has 0 aliphatic rings. The average molecular weight is 569 g/mol. The van der Waals surface area contributed by atoms with Crippen LogP contribution in [0.15, 0.2) is 126 Å². The molecule has 0 spiro atoms. The molecule has 6 heteroatoms. The van der Waals surface area contributed by atoms with E-state index in [1.54, 1.807) is 6.20 Å². The summed E-state index contributed by atoms with van der Waals surface area (Å²) in [5, 5.41) is 8.39. The Morgan fingerprint density at radius 2 is 1.35 bits per heavy atom. The fourth-order valence-electron chi connectivity index (χ4n) is 6.71. The summed E-state index contributed by atoms with van der Waals surface area (Å²) in [4.78, 5) is 15.0. The first-order chi connectivity index (χ1) is 21.3. The molecule has 10 aromatic rings. The largest absolute Gasteiger partial charge is 0.452 e. The highest BCUT2D eigenvalue weighted by molar-refractivity contribution is 7.27. The summed E-state index contributed by atoms with van der Waals surface area (Å²) >= 11 is 1.83. The highest BCUT2D eigenvalue weighted by Crippen LogP contribution is 2.47. The molecular weight excluding hydrogens is 549 g/mol. The first kappa shape index (κ1) is 23.0. The van der Waals surface area contributed by atoms with Crippen LogP contribution in [-0.2, 0) is 0 Å². The van der Waals surface area contributed by atoms with Crippen molar-refractivity contribution in [2.45, 2.75) is 0 Å². The van der Waals surface area contributed by atoms with Gasteiger partial charge < -0.3 is 4.42 Å². The van der Waals surface area contributed by atoms with Gasteiger partial charge in [-0.1, -0.05) is 72.8 Å². The third-order valence-electron chi connectivity index (χ3n) is 8.49. The molecule has 0 N–H and O–H groups in total. The van der Waals surface area contributed by atoms with Crippen LogP contribution in [0.3, 0.4) is 0 Å². The molecule has 0 saturated heterocycles. The van der Waals surface area contributed by atoms with Crippen LogP contribution < -0.4 is 0 Å². The van der Waals surface area contributed by atoms with E-state index in [4.69, 9.17) is 14.4 Å². The minimum atomic E-state index is 0.609. The van der Waals surface area contributed by atoms with Gasteiger partial charge in [0.15, 0.2) is 5.58 Å². The first-order valence-corrected chi connectivity index (χ1v) is 15.0. The lowest BCUT2D eigenvalue weighted by molar-refractivity contribution is 0.666. The Kier molecular flexibility index (Phi) is 4.54. The molecule has 0 radical (unpaired) electrons. The smallest absolute Gasteiger partial charge is 0.236 e. The van der Waals surface area contributed by atoms with E-state index < -0.39 is 0 Å². The highest BCUT2D eigenvalue weighted by atomic mass is 32.1. The van der Waals surface area contributed by atoms with Gasteiger partial charge in [0.2, 0.25) is 5.95 Å². The number of pyridine rings is 1. The number of thiophene rings is 1. The zero-order valence-corrected chi connectivity index (χ0v) is 23.5. The zero-order valence-electron chi connectivity index (χ0n) is 22.7. The number of benzene rings is 5. The maximum absolute atomic E-state index is 6.39. The van der Waals surface area contributed by atoms with E-state index in [9.17, 15) is 0 Å². The average Bonchev–Trinajstić information content (AvgIpc) is 3.75. The summed E-state index contributed by atoms with van der Waals surface area (Å²) in [7, 11) is 0. The zero-order chi connectivity index (χ0) is 28.1. The van der Waals surface area contributed by atoms with E-state index in [2.05, 4.69) is 88.4 Å². The number of fused-ring (bicyclic) bond motifs is 13. The van der Waals surface area contributed by atoms with Crippen molar-refractivity contribution in [2.75, 3.05) is 0 Å². The number of nitrogens with zero attached hydrogens (tertiary/aromatic N) is 4. The van der Waals surface area contributed by atoms with Crippen molar-refractivity contribution in [3.63, 3.8) is 0 Å². The normalized spacial score (nSPS) is 12.2. The molecule has 0 saturated carbocycles. The summed E-state index contributed by atoms with van der Waals surface area (Å²) in [5.41, 5.74) is 6.04. The number of para-hydroxylation sites is 2. The molecular formula is C37H20N4OS. The third-order valence-corrected chi connectivity index (χ3v) is 9.67. The van der Waals surface area contributed by atoms with Gasteiger partial charge in [-0.3, -0.25) is 9.55 Å². The molecule has 0 aliphatic carbocycles. The number of aromatic nitrogens is 4. The van der Waals surface area contributed by atoms with Crippen molar-refractivity contribution in [3.8, 4) is 17.2 Å². The van der Waals surface area contributed by atoms with Crippen LogP contribution in [0.1, 0.15) is 0 Å². The maximum Gasteiger partial charge on any atom is 0.236 e. The highest BCUT2D eigenvalue weighted by Gasteiger charge is 2.24. The Hall–Kier alpha value is -5.59. The number of hydrogen-bond donors (Lipinski definition) is 0. The second-order valence-electron chi connectivity index (χ2n) is 10.8. The minimum absolute atomic E-state index is 0.609. The van der Waals surface area contributed by atoms with Crippen LogP contribution >= 0.6 is 11.3 Å². The van der Waals surface area contributed by atoms with Gasteiger partial charge in [0, 0.05) is 49.6 Å². The SMILES string of the molecule is c1cncc(-c2nc(-n3c4ccccc4c4c5ccccc5c5c6ccccc6sc5c43)nc3c2oc2ccccc23)c1. The Morgan fingerprint density at radius 3 is 2.19 bits per heavy atom. The Bertz CT molecular complexity index is 2740. The Labute approximate surface area is 248 Å². The molecule has 5 heterocycles. The summed E-state index contributed by atoms with van der Waals surface area (Å²) < 4.78 is 11.1. The molecule has 0 fully saturated rings. The molecule has 200 valence electrons. The van der Waals surface area contributed by atoms with Crippen molar-refractivity contribution in [2.24, 2.45) is 0 Å². The Morgan fingerprint density at radius 1 is 0.628 bits per heavy atom. The van der Waals surface area contributed by atoms with Crippen LogP contribution in [0.25, 0.3) is 92.0 Å². The number of furan rings is 1. The number of hydrogen-bond acceptors (Lipinski definition) is 5. The molecule has 43 heavy (non-hydrogen) atoms. The molecule has 5 aromatic carbocycles. The summed E-state index contributed by atoms with van der Waals surface area (Å²) in [6, 6.07) is 38.1. The predicted molar refractivity (Wildman–Crippen MR) is 177 cm³/mol. The van der Waals surface area contributed by atoms with Crippen molar-refractivity contribution in [3.05, 3.63) is 122 Å². The molecule has 0 unspecified atom stereocenters. The second-order valence-corrected chi connectivity index (χ2v) is 11.9. The molecule has 5 aromatic heterocycles. The number of rotatable bonds is 2.